The Hall–Kier alpha value is -1.31. The Morgan fingerprint density at radius 2 is 1.65 bits per heavy atom. The molecule has 7 aliphatic rings. The first kappa shape index (κ1) is 19.2. The predicted octanol–water partition coefficient (Wildman–Crippen LogP) is 6.79. The van der Waals surface area contributed by atoms with Crippen LogP contribution < -0.4 is 0 Å². The van der Waals surface area contributed by atoms with E-state index in [9.17, 15) is 5.11 Å². The molecule has 6 fully saturated rings. The van der Waals surface area contributed by atoms with E-state index < -0.39 is 0 Å². The van der Waals surface area contributed by atoms with E-state index in [-0.39, 0.29) is 0 Å². The summed E-state index contributed by atoms with van der Waals surface area (Å²) in [6.45, 7) is 2.52. The first-order valence-electron chi connectivity index (χ1n) is 13.3. The number of phenols is 1. The number of aryl methyl sites for hydroxylation is 1. The summed E-state index contributed by atoms with van der Waals surface area (Å²) in [7, 11) is 2.02. The number of nitrogens with zero attached hydrogens (tertiary/aromatic N) is 1. The average Bonchev–Trinajstić information content (AvgIpc) is 3.08. The van der Waals surface area contributed by atoms with E-state index in [4.69, 9.17) is 4.99 Å². The molecule has 7 aliphatic carbocycles. The third kappa shape index (κ3) is 2.54. The van der Waals surface area contributed by atoms with Crippen LogP contribution in [0.5, 0.6) is 5.75 Å². The first-order valence-corrected chi connectivity index (χ1v) is 13.3. The van der Waals surface area contributed by atoms with Crippen LogP contribution in [0.1, 0.15) is 100 Å². The van der Waals surface area contributed by atoms with Crippen LogP contribution in [0.25, 0.3) is 0 Å². The third-order valence-corrected chi connectivity index (χ3v) is 11.5. The van der Waals surface area contributed by atoms with Crippen LogP contribution in [0.3, 0.4) is 0 Å². The Bertz CT molecular complexity index is 924. The fourth-order valence-corrected chi connectivity index (χ4v) is 10.6. The van der Waals surface area contributed by atoms with E-state index >= 15 is 0 Å². The lowest BCUT2D eigenvalue weighted by atomic mass is 9.47. The molecule has 166 valence electrons. The Balaban J connectivity index is 1.28. The zero-order valence-corrected chi connectivity index (χ0v) is 19.5. The van der Waals surface area contributed by atoms with E-state index in [0.29, 0.717) is 22.5 Å². The Kier molecular flexibility index (Phi) is 3.95. The zero-order chi connectivity index (χ0) is 21.0. The molecule has 0 aliphatic heterocycles. The van der Waals surface area contributed by atoms with E-state index in [0.717, 1.165) is 36.0 Å². The lowest BCUT2D eigenvalue weighted by Gasteiger charge is -2.57. The molecule has 0 spiro atoms. The van der Waals surface area contributed by atoms with Gasteiger partial charge in [0.1, 0.15) is 5.75 Å². The minimum atomic E-state index is 0.291. The SMILES string of the molecule is CN=C1CCC2C3CCc4cc(O)c(C56CC7CC(CC(C7)C5)C6)cc4C3CCC12C. The molecule has 2 heteroatoms. The third-order valence-electron chi connectivity index (χ3n) is 11.5. The largest absolute Gasteiger partial charge is 0.508 e. The quantitative estimate of drug-likeness (QED) is 0.536. The van der Waals surface area contributed by atoms with Gasteiger partial charge in [-0.25, -0.2) is 0 Å². The monoisotopic (exact) mass is 417 g/mol. The molecule has 31 heavy (non-hydrogen) atoms. The molecular formula is C29H39NO. The van der Waals surface area contributed by atoms with Gasteiger partial charge in [0.05, 0.1) is 0 Å². The summed E-state index contributed by atoms with van der Waals surface area (Å²) >= 11 is 0. The van der Waals surface area contributed by atoms with Crippen molar-refractivity contribution in [3.05, 3.63) is 28.8 Å². The smallest absolute Gasteiger partial charge is 0.119 e. The summed E-state index contributed by atoms with van der Waals surface area (Å²) in [5, 5.41) is 11.3. The maximum Gasteiger partial charge on any atom is 0.119 e. The maximum absolute atomic E-state index is 11.3. The molecule has 4 bridgehead atoms. The van der Waals surface area contributed by atoms with Gasteiger partial charge in [0.25, 0.3) is 0 Å². The number of rotatable bonds is 1. The van der Waals surface area contributed by atoms with Crippen LogP contribution in [0.15, 0.2) is 17.1 Å². The van der Waals surface area contributed by atoms with Crippen molar-refractivity contribution >= 4 is 5.71 Å². The topological polar surface area (TPSA) is 32.6 Å². The zero-order valence-electron chi connectivity index (χ0n) is 19.5. The van der Waals surface area contributed by atoms with E-state index in [1.54, 1.807) is 5.56 Å². The Morgan fingerprint density at radius 3 is 2.32 bits per heavy atom. The predicted molar refractivity (Wildman–Crippen MR) is 126 cm³/mol. The van der Waals surface area contributed by atoms with Crippen LogP contribution in [-0.4, -0.2) is 17.9 Å². The highest BCUT2D eigenvalue weighted by molar-refractivity contribution is 5.92. The van der Waals surface area contributed by atoms with Gasteiger partial charge >= 0.3 is 0 Å². The molecule has 0 amide bonds. The van der Waals surface area contributed by atoms with Gasteiger partial charge in [0, 0.05) is 23.7 Å². The molecule has 0 aromatic heterocycles. The van der Waals surface area contributed by atoms with Gasteiger partial charge in [-0.3, -0.25) is 4.99 Å². The van der Waals surface area contributed by atoms with Gasteiger partial charge in [0.15, 0.2) is 0 Å². The fourth-order valence-electron chi connectivity index (χ4n) is 10.6. The summed E-state index contributed by atoms with van der Waals surface area (Å²) in [4.78, 5) is 4.74. The van der Waals surface area contributed by atoms with Gasteiger partial charge in [0.2, 0.25) is 0 Å². The van der Waals surface area contributed by atoms with Crippen LogP contribution in [0, 0.1) is 35.0 Å². The van der Waals surface area contributed by atoms with E-state index in [1.807, 2.05) is 7.05 Å². The summed E-state index contributed by atoms with van der Waals surface area (Å²) in [5.41, 5.74) is 6.62. The van der Waals surface area contributed by atoms with Crippen molar-refractivity contribution in [1.82, 2.24) is 0 Å². The van der Waals surface area contributed by atoms with E-state index in [1.165, 1.54) is 87.5 Å². The maximum atomic E-state index is 11.3. The fraction of sp³-hybridized carbons (Fsp3) is 0.759. The first-order chi connectivity index (χ1) is 15.0. The number of hydrogen-bond acceptors (Lipinski definition) is 2. The van der Waals surface area contributed by atoms with Gasteiger partial charge in [-0.05, 0) is 135 Å². The van der Waals surface area contributed by atoms with Crippen molar-refractivity contribution in [3.63, 3.8) is 0 Å². The van der Waals surface area contributed by atoms with Crippen molar-refractivity contribution in [1.29, 1.82) is 0 Å². The minimum absolute atomic E-state index is 0.291. The lowest BCUT2D eigenvalue weighted by molar-refractivity contribution is -0.00627. The normalized spacial score (nSPS) is 48.5. The van der Waals surface area contributed by atoms with Crippen molar-refractivity contribution in [2.24, 2.45) is 40.0 Å². The van der Waals surface area contributed by atoms with Gasteiger partial charge in [-0.15, -0.1) is 0 Å². The molecular weight excluding hydrogens is 378 g/mol. The molecule has 1 aromatic rings. The lowest BCUT2D eigenvalue weighted by Crippen LogP contribution is -2.48. The molecule has 6 saturated carbocycles. The van der Waals surface area contributed by atoms with Gasteiger partial charge in [-0.2, -0.15) is 0 Å². The molecule has 0 heterocycles. The summed E-state index contributed by atoms with van der Waals surface area (Å²) in [5.74, 6) is 5.77. The van der Waals surface area contributed by atoms with Crippen LogP contribution in [0.4, 0.5) is 0 Å². The summed E-state index contributed by atoms with van der Waals surface area (Å²) in [6, 6.07) is 4.79. The number of aromatic hydroxyl groups is 1. The molecule has 0 saturated heterocycles. The van der Waals surface area contributed by atoms with Crippen LogP contribution in [-0.2, 0) is 11.8 Å². The van der Waals surface area contributed by atoms with Gasteiger partial charge < -0.3 is 5.11 Å². The minimum Gasteiger partial charge on any atom is -0.508 e. The second kappa shape index (κ2) is 6.39. The second-order valence-electron chi connectivity index (χ2n) is 12.8. The standard InChI is InChI=1S/C29H39NO/c1-28-8-7-21-22(24(28)5-6-27(28)30-2)4-3-20-12-26(31)25(13-23(20)21)29-14-17-9-18(15-29)11-19(10-17)16-29/h12-13,17-19,21-22,24,31H,3-11,14-16H2,1-2H3. The average molecular weight is 418 g/mol. The van der Waals surface area contributed by atoms with Gasteiger partial charge in [-0.1, -0.05) is 13.0 Å². The second-order valence-corrected chi connectivity index (χ2v) is 12.8. The molecule has 0 radical (unpaired) electrons. The van der Waals surface area contributed by atoms with E-state index in [2.05, 4.69) is 19.1 Å². The number of hydrogen-bond donors (Lipinski definition) is 1. The number of phenolic OH excluding ortho intramolecular Hbond substituents is 1. The molecule has 4 unspecified atom stereocenters. The highest BCUT2D eigenvalue weighted by atomic mass is 16.3. The number of benzene rings is 1. The number of aliphatic imine (C=N–C) groups is 1. The molecule has 1 aromatic carbocycles. The molecule has 1 N–H and O–H groups in total. The summed E-state index contributed by atoms with van der Waals surface area (Å²) in [6.07, 6.45) is 16.1. The molecule has 8 rings (SSSR count). The van der Waals surface area contributed by atoms with Crippen LogP contribution in [0.2, 0.25) is 0 Å². The van der Waals surface area contributed by atoms with Crippen molar-refractivity contribution in [3.8, 4) is 5.75 Å². The summed E-state index contributed by atoms with van der Waals surface area (Å²) < 4.78 is 0. The molecule has 2 nitrogen and oxygen atoms in total. The molecule has 4 atom stereocenters. The van der Waals surface area contributed by atoms with Crippen LogP contribution >= 0.6 is 0 Å². The Labute approximate surface area is 187 Å². The highest BCUT2D eigenvalue weighted by Gasteiger charge is 2.55. The van der Waals surface area contributed by atoms with Crippen molar-refractivity contribution < 1.29 is 5.11 Å². The van der Waals surface area contributed by atoms with Crippen molar-refractivity contribution in [2.75, 3.05) is 7.05 Å². The number of fused-ring (bicyclic) bond motifs is 5. The van der Waals surface area contributed by atoms with Crippen molar-refractivity contribution in [2.45, 2.75) is 95.3 Å². The highest BCUT2D eigenvalue weighted by Crippen LogP contribution is 2.64. The Morgan fingerprint density at radius 1 is 0.935 bits per heavy atom.